The van der Waals surface area contributed by atoms with E-state index in [-0.39, 0.29) is 35.5 Å². The van der Waals surface area contributed by atoms with Crippen molar-refractivity contribution in [1.82, 2.24) is 19.6 Å². The van der Waals surface area contributed by atoms with Crippen molar-refractivity contribution in [2.45, 2.75) is 6.54 Å². The highest BCUT2D eigenvalue weighted by molar-refractivity contribution is 7.09. The predicted molar refractivity (Wildman–Crippen MR) is 123 cm³/mol. The summed E-state index contributed by atoms with van der Waals surface area (Å²) in [5.41, 5.74) is 7.18. The minimum Gasteiger partial charge on any atom is -0.454 e. The molecule has 2 aliphatic heterocycles. The van der Waals surface area contributed by atoms with Gasteiger partial charge in [0.25, 0.3) is 11.8 Å². The zero-order valence-corrected chi connectivity index (χ0v) is 18.5. The average Bonchev–Trinajstić information content (AvgIpc) is 3.49. The molecule has 2 aromatic heterocycles. The lowest BCUT2D eigenvalue weighted by Crippen LogP contribution is -2.49. The van der Waals surface area contributed by atoms with Gasteiger partial charge < -0.3 is 30.3 Å². The van der Waals surface area contributed by atoms with Gasteiger partial charge in [-0.15, -0.1) is 0 Å². The number of amides is 2. The van der Waals surface area contributed by atoms with Crippen LogP contribution in [-0.2, 0) is 6.54 Å². The third kappa shape index (κ3) is 4.27. The molecule has 11 heteroatoms. The minimum absolute atomic E-state index is 0.0659. The number of fused-ring (bicyclic) bond motifs is 1. The average molecular weight is 467 g/mol. The molecule has 0 saturated carbocycles. The van der Waals surface area contributed by atoms with E-state index in [2.05, 4.69) is 19.6 Å². The minimum atomic E-state index is -0.430. The van der Waals surface area contributed by atoms with Crippen molar-refractivity contribution in [3.63, 3.8) is 0 Å². The van der Waals surface area contributed by atoms with Crippen molar-refractivity contribution < 1.29 is 19.1 Å². The highest BCUT2D eigenvalue weighted by Gasteiger charge is 2.28. The first-order valence-electron chi connectivity index (χ1n) is 10.5. The van der Waals surface area contributed by atoms with Crippen LogP contribution in [0.3, 0.4) is 0 Å². The van der Waals surface area contributed by atoms with Gasteiger partial charge in [0.1, 0.15) is 10.7 Å². The van der Waals surface area contributed by atoms with Crippen LogP contribution in [0.5, 0.6) is 11.5 Å². The Kier molecular flexibility index (Phi) is 5.69. The molecule has 0 aliphatic carbocycles. The molecule has 0 bridgehead atoms. The number of nitrogens with one attached hydrogen (secondary N) is 1. The number of nitrogens with two attached hydrogens (primary N) is 1. The number of piperazine rings is 1. The standard InChI is InChI=1S/C22H22N6O4S/c23-18-19(21(29)25-12-14-4-5-15-16(11-14)32-13-31-15)26-33-20(18)22(30)28-9-7-27(8-10-28)17-3-1-2-6-24-17/h1-6,11H,7-10,12-13,23H2,(H,25,29). The molecule has 1 aromatic carbocycles. The largest absolute Gasteiger partial charge is 0.454 e. The van der Waals surface area contributed by atoms with E-state index >= 15 is 0 Å². The highest BCUT2D eigenvalue weighted by Crippen LogP contribution is 2.32. The summed E-state index contributed by atoms with van der Waals surface area (Å²) in [4.78, 5) is 34.2. The van der Waals surface area contributed by atoms with Crippen molar-refractivity contribution in [3.05, 3.63) is 58.7 Å². The fourth-order valence-electron chi connectivity index (χ4n) is 3.76. The number of carbonyl (C=O) groups is 2. The second-order valence-corrected chi connectivity index (χ2v) is 8.38. The van der Waals surface area contributed by atoms with Crippen LogP contribution in [0, 0.1) is 0 Å². The smallest absolute Gasteiger partial charge is 0.273 e. The van der Waals surface area contributed by atoms with E-state index in [4.69, 9.17) is 15.2 Å². The maximum absolute atomic E-state index is 13.0. The van der Waals surface area contributed by atoms with Crippen molar-refractivity contribution in [2.24, 2.45) is 0 Å². The summed E-state index contributed by atoms with van der Waals surface area (Å²) >= 11 is 0.952. The number of nitrogens with zero attached hydrogens (tertiary/aromatic N) is 4. The van der Waals surface area contributed by atoms with Gasteiger partial charge in [-0.3, -0.25) is 9.59 Å². The number of carbonyl (C=O) groups excluding carboxylic acids is 2. The molecule has 0 spiro atoms. The molecule has 4 heterocycles. The summed E-state index contributed by atoms with van der Waals surface area (Å²) in [7, 11) is 0. The monoisotopic (exact) mass is 466 g/mol. The Morgan fingerprint density at radius 1 is 1.09 bits per heavy atom. The Bertz CT molecular complexity index is 1180. The lowest BCUT2D eigenvalue weighted by atomic mass is 10.2. The molecular formula is C22H22N6O4S. The van der Waals surface area contributed by atoms with E-state index in [1.165, 1.54) is 0 Å². The van der Waals surface area contributed by atoms with Crippen LogP contribution in [0.1, 0.15) is 25.7 Å². The number of benzene rings is 1. The number of hydrogen-bond donors (Lipinski definition) is 2. The molecule has 5 rings (SSSR count). The summed E-state index contributed by atoms with van der Waals surface area (Å²) in [6.07, 6.45) is 1.75. The van der Waals surface area contributed by atoms with Crippen LogP contribution < -0.4 is 25.4 Å². The molecular weight excluding hydrogens is 444 g/mol. The normalized spacial score (nSPS) is 14.9. The van der Waals surface area contributed by atoms with E-state index in [0.29, 0.717) is 37.7 Å². The molecule has 1 fully saturated rings. The van der Waals surface area contributed by atoms with Crippen LogP contribution in [0.15, 0.2) is 42.6 Å². The Labute approximate surface area is 194 Å². The third-order valence-electron chi connectivity index (χ3n) is 5.57. The van der Waals surface area contributed by atoms with E-state index < -0.39 is 5.91 Å². The molecule has 3 N–H and O–H groups in total. The Balaban J connectivity index is 1.19. The van der Waals surface area contributed by atoms with Crippen LogP contribution in [0.25, 0.3) is 0 Å². The van der Waals surface area contributed by atoms with E-state index in [1.807, 2.05) is 30.3 Å². The zero-order valence-electron chi connectivity index (χ0n) is 17.7. The van der Waals surface area contributed by atoms with Crippen molar-refractivity contribution >= 4 is 34.9 Å². The number of hydrogen-bond acceptors (Lipinski definition) is 9. The number of rotatable bonds is 5. The van der Waals surface area contributed by atoms with Gasteiger partial charge >= 0.3 is 0 Å². The number of ether oxygens (including phenoxy) is 2. The molecule has 10 nitrogen and oxygen atoms in total. The summed E-state index contributed by atoms with van der Waals surface area (Å²) in [6.45, 7) is 2.88. The highest BCUT2D eigenvalue weighted by atomic mass is 32.1. The van der Waals surface area contributed by atoms with Crippen molar-refractivity contribution in [2.75, 3.05) is 43.6 Å². The lowest BCUT2D eigenvalue weighted by Gasteiger charge is -2.35. The van der Waals surface area contributed by atoms with E-state index in [0.717, 1.165) is 22.9 Å². The number of pyridine rings is 1. The summed E-state index contributed by atoms with van der Waals surface area (Å²) in [5.74, 6) is 1.58. The molecule has 3 aromatic rings. The third-order valence-corrected chi connectivity index (χ3v) is 6.42. The van der Waals surface area contributed by atoms with Crippen LogP contribution in [0.4, 0.5) is 11.5 Å². The molecule has 33 heavy (non-hydrogen) atoms. The first kappa shape index (κ1) is 21.0. The van der Waals surface area contributed by atoms with Gasteiger partial charge in [-0.2, -0.15) is 4.37 Å². The molecule has 0 radical (unpaired) electrons. The molecule has 0 unspecified atom stereocenters. The van der Waals surface area contributed by atoms with Crippen LogP contribution in [0.2, 0.25) is 0 Å². The number of aromatic nitrogens is 2. The topological polar surface area (TPSA) is 123 Å². The van der Waals surface area contributed by atoms with Crippen LogP contribution in [-0.4, -0.2) is 59.0 Å². The number of anilines is 2. The summed E-state index contributed by atoms with van der Waals surface area (Å²) in [6, 6.07) is 11.2. The van der Waals surface area contributed by atoms with Gasteiger partial charge in [0, 0.05) is 38.9 Å². The number of nitrogen functional groups attached to an aromatic ring is 1. The van der Waals surface area contributed by atoms with E-state index in [1.54, 1.807) is 17.2 Å². The molecule has 0 atom stereocenters. The van der Waals surface area contributed by atoms with Gasteiger partial charge in [0.2, 0.25) is 6.79 Å². The fraction of sp³-hybridized carbons (Fsp3) is 0.273. The molecule has 170 valence electrons. The quantitative estimate of drug-likeness (QED) is 0.583. The van der Waals surface area contributed by atoms with Gasteiger partial charge in [0.05, 0.1) is 5.69 Å². The molecule has 1 saturated heterocycles. The first-order chi connectivity index (χ1) is 16.1. The fourth-order valence-corrected chi connectivity index (χ4v) is 4.52. The van der Waals surface area contributed by atoms with Gasteiger partial charge in [-0.25, -0.2) is 4.98 Å². The Morgan fingerprint density at radius 2 is 1.91 bits per heavy atom. The first-order valence-corrected chi connectivity index (χ1v) is 11.2. The summed E-state index contributed by atoms with van der Waals surface area (Å²) < 4.78 is 14.8. The predicted octanol–water partition coefficient (Wildman–Crippen LogP) is 1.74. The molecule has 2 amide bonds. The lowest BCUT2D eigenvalue weighted by molar-refractivity contribution is 0.0752. The van der Waals surface area contributed by atoms with Crippen molar-refractivity contribution in [3.8, 4) is 11.5 Å². The van der Waals surface area contributed by atoms with Gasteiger partial charge in [-0.1, -0.05) is 12.1 Å². The van der Waals surface area contributed by atoms with Gasteiger partial charge in [0.15, 0.2) is 17.2 Å². The second kappa shape index (κ2) is 8.94. The second-order valence-electron chi connectivity index (χ2n) is 7.61. The van der Waals surface area contributed by atoms with Crippen molar-refractivity contribution in [1.29, 1.82) is 0 Å². The van der Waals surface area contributed by atoms with Gasteiger partial charge in [-0.05, 0) is 41.4 Å². The Hall–Kier alpha value is -3.86. The maximum Gasteiger partial charge on any atom is 0.273 e. The zero-order chi connectivity index (χ0) is 22.8. The Morgan fingerprint density at radius 3 is 2.70 bits per heavy atom. The van der Waals surface area contributed by atoms with E-state index in [9.17, 15) is 9.59 Å². The summed E-state index contributed by atoms with van der Waals surface area (Å²) in [5, 5.41) is 2.79. The maximum atomic E-state index is 13.0. The van der Waals surface area contributed by atoms with Crippen LogP contribution >= 0.6 is 11.5 Å². The molecule has 2 aliphatic rings. The SMILES string of the molecule is Nc1c(C(=O)NCc2ccc3c(c2)OCO3)nsc1C(=O)N1CCN(c2ccccn2)CC1.